The zero-order valence-corrected chi connectivity index (χ0v) is 14.9. The quantitative estimate of drug-likeness (QED) is 0.571. The molecular formula is C18H14BrNO2S. The first-order valence-electron chi connectivity index (χ1n) is 7.37. The van der Waals surface area contributed by atoms with Gasteiger partial charge in [-0.05, 0) is 37.3 Å². The highest BCUT2D eigenvalue weighted by atomic mass is 79.9. The molecule has 0 saturated carbocycles. The van der Waals surface area contributed by atoms with Crippen LogP contribution in [-0.4, -0.2) is 18.2 Å². The second-order valence-corrected chi connectivity index (χ2v) is 7.52. The zero-order chi connectivity index (χ0) is 16.0. The van der Waals surface area contributed by atoms with Crippen molar-refractivity contribution in [2.24, 2.45) is 0 Å². The fourth-order valence-electron chi connectivity index (χ4n) is 2.90. The van der Waals surface area contributed by atoms with E-state index in [0.29, 0.717) is 12.3 Å². The van der Waals surface area contributed by atoms with E-state index >= 15 is 0 Å². The van der Waals surface area contributed by atoms with E-state index in [2.05, 4.69) is 22.0 Å². The number of para-hydroxylation sites is 1. The first-order chi connectivity index (χ1) is 11.1. The number of aryl methyl sites for hydroxylation is 1. The number of furan rings is 1. The van der Waals surface area contributed by atoms with E-state index in [1.165, 1.54) is 0 Å². The standard InChI is InChI=1S/C18H14BrNO2S/c1-11-13-10-12(19)6-7-15(13)22-17(11)18(21)20-8-9-23-16-5-3-2-4-14(16)20/h2-7,10H,8-9H2,1H3. The van der Waals surface area contributed by atoms with Crippen molar-refractivity contribution >= 4 is 50.3 Å². The molecule has 0 radical (unpaired) electrons. The second-order valence-electron chi connectivity index (χ2n) is 5.47. The van der Waals surface area contributed by atoms with E-state index in [1.54, 1.807) is 11.8 Å². The summed E-state index contributed by atoms with van der Waals surface area (Å²) in [5.41, 5.74) is 2.60. The molecule has 3 nitrogen and oxygen atoms in total. The third kappa shape index (κ3) is 2.48. The lowest BCUT2D eigenvalue weighted by Gasteiger charge is -2.28. The number of fused-ring (bicyclic) bond motifs is 2. The Bertz CT molecular complexity index is 919. The average Bonchev–Trinajstić information content (AvgIpc) is 2.90. The number of carbonyl (C=O) groups excluding carboxylic acids is 1. The molecule has 2 heterocycles. The minimum absolute atomic E-state index is 0.0671. The fraction of sp³-hybridized carbons (Fsp3) is 0.167. The zero-order valence-electron chi connectivity index (χ0n) is 12.5. The van der Waals surface area contributed by atoms with E-state index in [-0.39, 0.29) is 5.91 Å². The van der Waals surface area contributed by atoms with Gasteiger partial charge in [0.05, 0.1) is 5.69 Å². The predicted octanol–water partition coefficient (Wildman–Crippen LogP) is 5.26. The molecule has 5 heteroatoms. The molecule has 4 rings (SSSR count). The summed E-state index contributed by atoms with van der Waals surface area (Å²) in [6.45, 7) is 2.64. The van der Waals surface area contributed by atoms with Crippen LogP contribution in [0.1, 0.15) is 16.1 Å². The monoisotopic (exact) mass is 387 g/mol. The molecule has 0 spiro atoms. The maximum absolute atomic E-state index is 13.0. The molecule has 23 heavy (non-hydrogen) atoms. The van der Waals surface area contributed by atoms with Crippen LogP contribution in [-0.2, 0) is 0 Å². The van der Waals surface area contributed by atoms with Gasteiger partial charge in [-0.15, -0.1) is 11.8 Å². The number of halogens is 1. The smallest absolute Gasteiger partial charge is 0.294 e. The number of hydrogen-bond acceptors (Lipinski definition) is 3. The molecule has 0 fully saturated rings. The van der Waals surface area contributed by atoms with Crippen molar-refractivity contribution in [2.75, 3.05) is 17.2 Å². The van der Waals surface area contributed by atoms with E-state index in [4.69, 9.17) is 4.42 Å². The topological polar surface area (TPSA) is 33.5 Å². The Kier molecular flexibility index (Phi) is 3.70. The molecule has 2 aromatic carbocycles. The van der Waals surface area contributed by atoms with Crippen LogP contribution in [0.25, 0.3) is 11.0 Å². The Morgan fingerprint density at radius 2 is 2.09 bits per heavy atom. The van der Waals surface area contributed by atoms with Crippen molar-refractivity contribution in [3.63, 3.8) is 0 Å². The summed E-state index contributed by atoms with van der Waals surface area (Å²) >= 11 is 5.26. The Labute approximate surface area is 146 Å². The van der Waals surface area contributed by atoms with Crippen molar-refractivity contribution in [1.82, 2.24) is 0 Å². The summed E-state index contributed by atoms with van der Waals surface area (Å²) < 4.78 is 6.84. The molecule has 0 bridgehead atoms. The first kappa shape index (κ1) is 14.8. The summed E-state index contributed by atoms with van der Waals surface area (Å²) in [7, 11) is 0. The summed E-state index contributed by atoms with van der Waals surface area (Å²) in [5.74, 6) is 1.26. The van der Waals surface area contributed by atoms with Crippen molar-refractivity contribution < 1.29 is 9.21 Å². The Morgan fingerprint density at radius 3 is 2.96 bits per heavy atom. The first-order valence-corrected chi connectivity index (χ1v) is 9.15. The van der Waals surface area contributed by atoms with Crippen LogP contribution in [0.3, 0.4) is 0 Å². The van der Waals surface area contributed by atoms with Crippen LogP contribution in [0.5, 0.6) is 0 Å². The van der Waals surface area contributed by atoms with Crippen molar-refractivity contribution in [3.8, 4) is 0 Å². The van der Waals surface area contributed by atoms with Gasteiger partial charge in [-0.3, -0.25) is 4.79 Å². The number of hydrogen-bond donors (Lipinski definition) is 0. The molecule has 0 aliphatic carbocycles. The van der Waals surface area contributed by atoms with Gasteiger partial charge < -0.3 is 9.32 Å². The van der Waals surface area contributed by atoms with Crippen LogP contribution in [0.15, 0.2) is 56.2 Å². The maximum atomic E-state index is 13.0. The SMILES string of the molecule is Cc1c(C(=O)N2CCSc3ccccc32)oc2ccc(Br)cc12. The number of nitrogens with zero attached hydrogens (tertiary/aromatic N) is 1. The number of rotatable bonds is 1. The lowest BCUT2D eigenvalue weighted by molar-refractivity contribution is 0.0962. The number of benzene rings is 2. The molecule has 1 aromatic heterocycles. The normalized spacial score (nSPS) is 14.1. The van der Waals surface area contributed by atoms with Gasteiger partial charge in [0.15, 0.2) is 5.76 Å². The molecule has 1 amide bonds. The Morgan fingerprint density at radius 1 is 1.26 bits per heavy atom. The summed E-state index contributed by atoms with van der Waals surface area (Å²) in [5, 5.41) is 0.974. The molecule has 0 atom stereocenters. The van der Waals surface area contributed by atoms with Crippen LogP contribution >= 0.6 is 27.7 Å². The maximum Gasteiger partial charge on any atom is 0.294 e. The van der Waals surface area contributed by atoms with Gasteiger partial charge in [-0.2, -0.15) is 0 Å². The number of carbonyl (C=O) groups is 1. The second kappa shape index (κ2) is 5.73. The van der Waals surface area contributed by atoms with Gasteiger partial charge in [0.25, 0.3) is 5.91 Å². The van der Waals surface area contributed by atoms with Crippen LogP contribution < -0.4 is 4.90 Å². The highest BCUT2D eigenvalue weighted by Crippen LogP contribution is 2.36. The minimum atomic E-state index is -0.0671. The van der Waals surface area contributed by atoms with E-state index < -0.39 is 0 Å². The predicted molar refractivity (Wildman–Crippen MR) is 97.5 cm³/mol. The van der Waals surface area contributed by atoms with Crippen LogP contribution in [0.2, 0.25) is 0 Å². The molecule has 1 aliphatic heterocycles. The van der Waals surface area contributed by atoms with Gasteiger partial charge in [-0.1, -0.05) is 28.1 Å². The van der Waals surface area contributed by atoms with Crippen molar-refractivity contribution in [1.29, 1.82) is 0 Å². The van der Waals surface area contributed by atoms with Gasteiger partial charge in [0, 0.05) is 32.6 Å². The fourth-order valence-corrected chi connectivity index (χ4v) is 4.26. The van der Waals surface area contributed by atoms with E-state index in [0.717, 1.165) is 37.3 Å². The van der Waals surface area contributed by atoms with Gasteiger partial charge in [0.1, 0.15) is 5.58 Å². The highest BCUT2D eigenvalue weighted by molar-refractivity contribution is 9.10. The number of amides is 1. The Hall–Kier alpha value is -1.72. The van der Waals surface area contributed by atoms with Crippen molar-refractivity contribution in [3.05, 3.63) is 58.3 Å². The number of anilines is 1. The lowest BCUT2D eigenvalue weighted by Crippen LogP contribution is -2.35. The van der Waals surface area contributed by atoms with Crippen LogP contribution in [0.4, 0.5) is 5.69 Å². The Balaban J connectivity index is 1.80. The van der Waals surface area contributed by atoms with Crippen LogP contribution in [0, 0.1) is 6.92 Å². The molecule has 3 aromatic rings. The number of thioether (sulfide) groups is 1. The van der Waals surface area contributed by atoms with Crippen molar-refractivity contribution in [2.45, 2.75) is 11.8 Å². The van der Waals surface area contributed by atoms with Gasteiger partial charge in [-0.25, -0.2) is 0 Å². The molecule has 1 aliphatic rings. The summed E-state index contributed by atoms with van der Waals surface area (Å²) in [4.78, 5) is 16.0. The molecule has 0 saturated heterocycles. The summed E-state index contributed by atoms with van der Waals surface area (Å²) in [6, 6.07) is 13.8. The molecule has 0 unspecified atom stereocenters. The average molecular weight is 388 g/mol. The molecule has 0 N–H and O–H groups in total. The third-order valence-electron chi connectivity index (χ3n) is 4.07. The van der Waals surface area contributed by atoms with E-state index in [1.807, 2.05) is 48.2 Å². The van der Waals surface area contributed by atoms with E-state index in [9.17, 15) is 4.79 Å². The highest BCUT2D eigenvalue weighted by Gasteiger charge is 2.28. The lowest BCUT2D eigenvalue weighted by atomic mass is 10.1. The largest absolute Gasteiger partial charge is 0.451 e. The summed E-state index contributed by atoms with van der Waals surface area (Å²) in [6.07, 6.45) is 0. The van der Waals surface area contributed by atoms with Gasteiger partial charge >= 0.3 is 0 Å². The third-order valence-corrected chi connectivity index (χ3v) is 5.60. The molecular weight excluding hydrogens is 374 g/mol. The minimum Gasteiger partial charge on any atom is -0.451 e. The molecule has 116 valence electrons. The van der Waals surface area contributed by atoms with Gasteiger partial charge in [0.2, 0.25) is 0 Å².